The summed E-state index contributed by atoms with van der Waals surface area (Å²) in [6.07, 6.45) is 0. The molecule has 1 rings (SSSR count). The zero-order chi connectivity index (χ0) is 10.3. The van der Waals surface area contributed by atoms with Gasteiger partial charge in [-0.3, -0.25) is 4.39 Å². The summed E-state index contributed by atoms with van der Waals surface area (Å²) >= 11 is 0. The lowest BCUT2D eigenvalue weighted by molar-refractivity contribution is 0.0563. The van der Waals surface area contributed by atoms with Crippen LogP contribution in [-0.4, -0.2) is 19.8 Å². The molecule has 0 amide bonds. The Morgan fingerprint density at radius 1 is 1.62 bits per heavy atom. The first-order chi connectivity index (χ1) is 6.15. The van der Waals surface area contributed by atoms with Crippen LogP contribution in [0.3, 0.4) is 0 Å². The van der Waals surface area contributed by atoms with Crippen LogP contribution in [-0.2, 0) is 4.74 Å². The third kappa shape index (κ3) is 4.30. The lowest BCUT2D eigenvalue weighted by atomic mass is 10.4. The molecule has 1 aromatic rings. The van der Waals surface area contributed by atoms with E-state index in [9.17, 15) is 9.18 Å². The van der Waals surface area contributed by atoms with Gasteiger partial charge in [0.1, 0.15) is 5.76 Å². The number of furan rings is 1. The summed E-state index contributed by atoms with van der Waals surface area (Å²) in [7, 11) is 1.32. The highest BCUT2D eigenvalue weighted by Gasteiger charge is 2.07. The van der Waals surface area contributed by atoms with E-state index in [1.165, 1.54) is 14.0 Å². The van der Waals surface area contributed by atoms with Crippen molar-refractivity contribution < 1.29 is 18.3 Å². The standard InChI is InChI=1S/C7H8O3.C2H5F/c1-5-3-4-6(10-5)7(8)9-2;1-2-3/h3-4H,1-2H3;2H2,1H3. The summed E-state index contributed by atoms with van der Waals surface area (Å²) in [5.74, 6) is 0.522. The maximum Gasteiger partial charge on any atom is 0.373 e. The molecular formula is C9H13FO3. The molecule has 0 atom stereocenters. The highest BCUT2D eigenvalue weighted by Crippen LogP contribution is 2.06. The van der Waals surface area contributed by atoms with Gasteiger partial charge in [0, 0.05) is 0 Å². The molecule has 1 heterocycles. The van der Waals surface area contributed by atoms with Gasteiger partial charge < -0.3 is 9.15 Å². The Hall–Kier alpha value is -1.32. The molecule has 0 saturated heterocycles. The SMILES string of the molecule is CCF.COC(=O)c1ccc(C)o1. The van der Waals surface area contributed by atoms with Crippen molar-refractivity contribution in [2.45, 2.75) is 13.8 Å². The van der Waals surface area contributed by atoms with Crippen LogP contribution in [0.25, 0.3) is 0 Å². The van der Waals surface area contributed by atoms with Crippen molar-refractivity contribution in [1.29, 1.82) is 0 Å². The highest BCUT2D eigenvalue weighted by atomic mass is 19.1. The fourth-order valence-corrected chi connectivity index (χ4v) is 0.645. The van der Waals surface area contributed by atoms with Crippen LogP contribution in [0.1, 0.15) is 23.2 Å². The average Bonchev–Trinajstić information content (AvgIpc) is 2.52. The van der Waals surface area contributed by atoms with E-state index < -0.39 is 5.97 Å². The minimum absolute atomic E-state index is 0.250. The average molecular weight is 188 g/mol. The number of halogens is 1. The van der Waals surface area contributed by atoms with Gasteiger partial charge in [0.15, 0.2) is 0 Å². The summed E-state index contributed by atoms with van der Waals surface area (Å²) < 4.78 is 19.7. The van der Waals surface area contributed by atoms with Gasteiger partial charge in [-0.05, 0) is 26.0 Å². The molecule has 0 aliphatic carbocycles. The number of hydrogen-bond acceptors (Lipinski definition) is 3. The lowest BCUT2D eigenvalue weighted by Gasteiger charge is -1.90. The fraction of sp³-hybridized carbons (Fsp3) is 0.444. The summed E-state index contributed by atoms with van der Waals surface area (Å²) in [5, 5.41) is 0. The van der Waals surface area contributed by atoms with E-state index in [4.69, 9.17) is 4.42 Å². The van der Waals surface area contributed by atoms with Crippen molar-refractivity contribution in [3.05, 3.63) is 23.7 Å². The molecule has 3 nitrogen and oxygen atoms in total. The van der Waals surface area contributed by atoms with Crippen molar-refractivity contribution >= 4 is 5.97 Å². The van der Waals surface area contributed by atoms with Crippen molar-refractivity contribution in [3.8, 4) is 0 Å². The van der Waals surface area contributed by atoms with Crippen LogP contribution < -0.4 is 0 Å². The molecule has 13 heavy (non-hydrogen) atoms. The highest BCUT2D eigenvalue weighted by molar-refractivity contribution is 5.86. The number of esters is 1. The molecule has 0 spiro atoms. The van der Waals surface area contributed by atoms with E-state index in [2.05, 4.69) is 4.74 Å². The van der Waals surface area contributed by atoms with Gasteiger partial charge in [0.05, 0.1) is 13.8 Å². The molecule has 1 aromatic heterocycles. The van der Waals surface area contributed by atoms with E-state index in [1.807, 2.05) is 0 Å². The van der Waals surface area contributed by atoms with Crippen LogP contribution >= 0.6 is 0 Å². The van der Waals surface area contributed by atoms with Crippen LogP contribution in [0.5, 0.6) is 0 Å². The lowest BCUT2D eigenvalue weighted by Crippen LogP contribution is -1.97. The Bertz CT molecular complexity index is 255. The zero-order valence-corrected chi connectivity index (χ0v) is 7.96. The van der Waals surface area contributed by atoms with Crippen LogP contribution in [0.15, 0.2) is 16.5 Å². The number of methoxy groups -OCH3 is 1. The van der Waals surface area contributed by atoms with E-state index in [1.54, 1.807) is 19.1 Å². The largest absolute Gasteiger partial charge is 0.463 e. The quantitative estimate of drug-likeness (QED) is 0.635. The molecule has 0 N–H and O–H groups in total. The minimum Gasteiger partial charge on any atom is -0.463 e. The smallest absolute Gasteiger partial charge is 0.373 e. The first-order valence-electron chi connectivity index (χ1n) is 3.86. The monoisotopic (exact) mass is 188 g/mol. The summed E-state index contributed by atoms with van der Waals surface area (Å²) in [5.41, 5.74) is 0. The van der Waals surface area contributed by atoms with Gasteiger partial charge in [-0.1, -0.05) is 0 Å². The third-order valence-corrected chi connectivity index (χ3v) is 1.13. The second-order valence-electron chi connectivity index (χ2n) is 2.17. The van der Waals surface area contributed by atoms with Gasteiger partial charge in [-0.25, -0.2) is 4.79 Å². The Morgan fingerprint density at radius 2 is 2.15 bits per heavy atom. The number of carbonyl (C=O) groups is 1. The van der Waals surface area contributed by atoms with Crippen molar-refractivity contribution in [2.24, 2.45) is 0 Å². The molecule has 0 aliphatic heterocycles. The number of hydrogen-bond donors (Lipinski definition) is 0. The van der Waals surface area contributed by atoms with E-state index >= 15 is 0 Å². The van der Waals surface area contributed by atoms with E-state index in [0.717, 1.165) is 0 Å². The number of rotatable bonds is 1. The molecule has 4 heteroatoms. The predicted octanol–water partition coefficient (Wildman–Crippen LogP) is 2.35. The molecule has 74 valence electrons. The molecule has 0 unspecified atom stereocenters. The van der Waals surface area contributed by atoms with E-state index in [-0.39, 0.29) is 12.4 Å². The molecule has 0 saturated carbocycles. The first kappa shape index (κ1) is 11.7. The third-order valence-electron chi connectivity index (χ3n) is 1.13. The second kappa shape index (κ2) is 6.22. The van der Waals surface area contributed by atoms with Crippen molar-refractivity contribution in [2.75, 3.05) is 13.8 Å². The minimum atomic E-state index is -0.437. The van der Waals surface area contributed by atoms with E-state index in [0.29, 0.717) is 5.76 Å². The van der Waals surface area contributed by atoms with Gasteiger partial charge in [-0.2, -0.15) is 0 Å². The van der Waals surface area contributed by atoms with Gasteiger partial charge in [0.25, 0.3) is 0 Å². The maximum atomic E-state index is 10.7. The number of aryl methyl sites for hydroxylation is 1. The Balaban J connectivity index is 0.000000424. The maximum absolute atomic E-state index is 10.7. The summed E-state index contributed by atoms with van der Waals surface area (Å²) in [4.78, 5) is 10.7. The molecule has 0 fully saturated rings. The zero-order valence-electron chi connectivity index (χ0n) is 7.96. The molecule has 0 aliphatic rings. The summed E-state index contributed by atoms with van der Waals surface area (Å²) in [6.45, 7) is 2.98. The number of ether oxygens (including phenoxy) is 1. The number of carbonyl (C=O) groups excluding carboxylic acids is 1. The van der Waals surface area contributed by atoms with Crippen LogP contribution in [0.4, 0.5) is 4.39 Å². The Labute approximate surface area is 76.5 Å². The molecule has 0 aromatic carbocycles. The predicted molar refractivity (Wildman–Crippen MR) is 46.4 cm³/mol. The van der Waals surface area contributed by atoms with Gasteiger partial charge in [0.2, 0.25) is 5.76 Å². The normalized spacial score (nSPS) is 8.62. The number of alkyl halides is 1. The van der Waals surface area contributed by atoms with Crippen LogP contribution in [0, 0.1) is 6.92 Å². The van der Waals surface area contributed by atoms with Gasteiger partial charge >= 0.3 is 5.97 Å². The van der Waals surface area contributed by atoms with Gasteiger partial charge in [-0.15, -0.1) is 0 Å². The first-order valence-corrected chi connectivity index (χ1v) is 3.86. The fourth-order valence-electron chi connectivity index (χ4n) is 0.645. The topological polar surface area (TPSA) is 39.4 Å². The van der Waals surface area contributed by atoms with Crippen molar-refractivity contribution in [3.63, 3.8) is 0 Å². The molecule has 0 radical (unpaired) electrons. The molecular weight excluding hydrogens is 175 g/mol. The van der Waals surface area contributed by atoms with Crippen molar-refractivity contribution in [1.82, 2.24) is 0 Å². The Kier molecular flexibility index (Phi) is 5.59. The molecule has 0 bridgehead atoms. The second-order valence-corrected chi connectivity index (χ2v) is 2.17. The summed E-state index contributed by atoms with van der Waals surface area (Å²) in [6, 6.07) is 3.30. The van der Waals surface area contributed by atoms with Crippen LogP contribution in [0.2, 0.25) is 0 Å². The Morgan fingerprint density at radius 3 is 2.46 bits per heavy atom.